The Hall–Kier alpha value is -3.95. The molecule has 0 amide bonds. The first-order valence-corrected chi connectivity index (χ1v) is 14.2. The van der Waals surface area contributed by atoms with Gasteiger partial charge in [0.25, 0.3) is 0 Å². The van der Waals surface area contributed by atoms with E-state index in [1.54, 1.807) is 20.8 Å². The van der Waals surface area contributed by atoms with Gasteiger partial charge in [0.1, 0.15) is 16.9 Å². The Morgan fingerprint density at radius 1 is 0.711 bits per heavy atom. The molecule has 0 spiro atoms. The average Bonchev–Trinajstić information content (AvgIpc) is 2.94. The van der Waals surface area contributed by atoms with Crippen LogP contribution in [0.2, 0.25) is 0 Å². The first-order valence-electron chi connectivity index (χ1n) is 12.4. The molecule has 4 nitrogen and oxygen atoms in total. The summed E-state index contributed by atoms with van der Waals surface area (Å²) in [5.41, 5.74) is -1.47. The maximum Gasteiger partial charge on any atom is 0.342 e. The molecule has 0 fully saturated rings. The molecule has 38 heavy (non-hydrogen) atoms. The number of benzene rings is 4. The summed E-state index contributed by atoms with van der Waals surface area (Å²) in [6.07, 6.45) is 0. The number of Topliss-reactive ketones (excluding diaryl/α,β-unsaturated/α-hetero) is 1. The van der Waals surface area contributed by atoms with Crippen molar-refractivity contribution in [3.63, 3.8) is 0 Å². The number of carbonyl (C=O) groups excluding carboxylic acids is 2. The molecule has 4 rings (SSSR count). The van der Waals surface area contributed by atoms with E-state index in [1.807, 2.05) is 91.0 Å². The van der Waals surface area contributed by atoms with Crippen LogP contribution in [0.3, 0.4) is 0 Å². The fourth-order valence-electron chi connectivity index (χ4n) is 4.50. The van der Waals surface area contributed by atoms with Gasteiger partial charge in [-0.3, -0.25) is 4.79 Å². The second kappa shape index (κ2) is 11.6. The normalized spacial score (nSPS) is 11.5. The topological polar surface area (TPSA) is 52.6 Å². The fraction of sp³-hybridized carbons (Fsp3) is 0.156. The molecule has 0 aliphatic heterocycles. The van der Waals surface area contributed by atoms with Gasteiger partial charge in [-0.1, -0.05) is 91.0 Å². The predicted octanol–water partition coefficient (Wildman–Crippen LogP) is 5.28. The number of hydrogen-bond donors (Lipinski definition) is 0. The molecule has 0 radical (unpaired) electrons. The zero-order valence-corrected chi connectivity index (χ0v) is 22.5. The lowest BCUT2D eigenvalue weighted by atomic mass is 10.0. The van der Waals surface area contributed by atoms with Crippen LogP contribution in [0, 0.1) is 5.82 Å². The standard InChI is InChI=1S/C32H30FO4P/c1-4-36-31(35)29(30(34)32(2,3)37-25-22-20-24(33)21-23-25)38(26-14-8-5-9-15-26,27-16-10-6-11-17-27)28-18-12-7-13-19-28/h5-23H,4H2,1-3H3. The van der Waals surface area contributed by atoms with Crippen LogP contribution >= 0.6 is 6.89 Å². The minimum atomic E-state index is -3.06. The van der Waals surface area contributed by atoms with Crippen LogP contribution in [-0.4, -0.2) is 29.3 Å². The van der Waals surface area contributed by atoms with Crippen molar-refractivity contribution in [2.24, 2.45) is 0 Å². The quantitative estimate of drug-likeness (QED) is 0.169. The third-order valence-electron chi connectivity index (χ3n) is 6.18. The average molecular weight is 529 g/mol. The lowest BCUT2D eigenvalue weighted by Gasteiger charge is -2.34. The molecule has 0 N–H and O–H groups in total. The van der Waals surface area contributed by atoms with E-state index in [9.17, 15) is 14.0 Å². The van der Waals surface area contributed by atoms with E-state index in [4.69, 9.17) is 9.47 Å². The molecule has 0 atom stereocenters. The van der Waals surface area contributed by atoms with Crippen LogP contribution in [-0.2, 0) is 14.3 Å². The van der Waals surface area contributed by atoms with Crippen LogP contribution < -0.4 is 20.7 Å². The van der Waals surface area contributed by atoms with E-state index in [2.05, 4.69) is 0 Å². The van der Waals surface area contributed by atoms with Crippen LogP contribution in [0.4, 0.5) is 4.39 Å². The molecule has 4 aromatic carbocycles. The summed E-state index contributed by atoms with van der Waals surface area (Å²) in [6.45, 7) is 2.00. The third-order valence-corrected chi connectivity index (χ3v) is 10.5. The van der Waals surface area contributed by atoms with E-state index in [0.29, 0.717) is 5.75 Å². The maximum atomic E-state index is 14.6. The predicted molar refractivity (Wildman–Crippen MR) is 153 cm³/mol. The first-order chi connectivity index (χ1) is 18.3. The van der Waals surface area contributed by atoms with Crippen molar-refractivity contribution < 1.29 is 23.5 Å². The van der Waals surface area contributed by atoms with Crippen LogP contribution in [0.5, 0.6) is 5.75 Å². The molecule has 6 heteroatoms. The van der Waals surface area contributed by atoms with E-state index in [0.717, 1.165) is 15.9 Å². The Morgan fingerprint density at radius 3 is 1.53 bits per heavy atom. The highest BCUT2D eigenvalue weighted by molar-refractivity contribution is 7.97. The zero-order chi connectivity index (χ0) is 27.2. The molecular formula is C32H30FO4P. The van der Waals surface area contributed by atoms with Crippen molar-refractivity contribution >= 4 is 39.8 Å². The van der Waals surface area contributed by atoms with Gasteiger partial charge in [-0.05, 0) is 67.8 Å². The Balaban J connectivity index is 2.13. The molecule has 0 unspecified atom stereocenters. The highest BCUT2D eigenvalue weighted by atomic mass is 31.2. The Bertz CT molecular complexity index is 1340. The van der Waals surface area contributed by atoms with Gasteiger partial charge in [0.15, 0.2) is 5.60 Å². The number of ether oxygens (including phenoxy) is 2. The highest BCUT2D eigenvalue weighted by Crippen LogP contribution is 2.47. The van der Waals surface area contributed by atoms with E-state index < -0.39 is 30.1 Å². The van der Waals surface area contributed by atoms with Gasteiger partial charge < -0.3 is 9.47 Å². The van der Waals surface area contributed by atoms with Crippen molar-refractivity contribution in [1.29, 1.82) is 0 Å². The lowest BCUT2D eigenvalue weighted by Crippen LogP contribution is -2.49. The Morgan fingerprint density at radius 2 is 1.13 bits per heavy atom. The Labute approximate surface area is 223 Å². The minimum Gasteiger partial charge on any atom is -0.480 e. The molecular weight excluding hydrogens is 498 g/mol. The van der Waals surface area contributed by atoms with E-state index in [-0.39, 0.29) is 11.9 Å². The summed E-state index contributed by atoms with van der Waals surface area (Å²) in [6, 6.07) is 34.3. The van der Waals surface area contributed by atoms with Gasteiger partial charge in [0, 0.05) is 0 Å². The van der Waals surface area contributed by atoms with Crippen molar-refractivity contribution in [3.05, 3.63) is 121 Å². The van der Waals surface area contributed by atoms with Crippen molar-refractivity contribution in [2.45, 2.75) is 26.4 Å². The molecule has 0 aliphatic rings. The molecule has 0 saturated heterocycles. The van der Waals surface area contributed by atoms with Crippen LogP contribution in [0.1, 0.15) is 20.8 Å². The molecule has 0 aliphatic carbocycles. The number of halogens is 1. The largest absolute Gasteiger partial charge is 0.480 e. The number of esters is 1. The summed E-state index contributed by atoms with van der Waals surface area (Å²) in [7, 11) is 0. The van der Waals surface area contributed by atoms with Crippen molar-refractivity contribution in [2.75, 3.05) is 6.61 Å². The molecule has 0 saturated carbocycles. The fourth-order valence-corrected chi connectivity index (χ4v) is 8.94. The highest BCUT2D eigenvalue weighted by Gasteiger charge is 2.44. The number of hydrogen-bond acceptors (Lipinski definition) is 4. The van der Waals surface area contributed by atoms with Gasteiger partial charge >= 0.3 is 5.97 Å². The molecule has 4 aromatic rings. The second-order valence-electron chi connectivity index (χ2n) is 9.14. The van der Waals surface area contributed by atoms with E-state index in [1.165, 1.54) is 24.3 Å². The van der Waals surface area contributed by atoms with Gasteiger partial charge in [-0.2, -0.15) is 0 Å². The van der Waals surface area contributed by atoms with Gasteiger partial charge in [-0.25, -0.2) is 9.18 Å². The smallest absolute Gasteiger partial charge is 0.342 e. The molecule has 0 heterocycles. The summed E-state index contributed by atoms with van der Waals surface area (Å²) >= 11 is 0. The molecule has 0 bridgehead atoms. The lowest BCUT2D eigenvalue weighted by molar-refractivity contribution is -0.136. The van der Waals surface area contributed by atoms with Gasteiger partial charge in [0.2, 0.25) is 5.78 Å². The Kier molecular flexibility index (Phi) is 8.29. The van der Waals surface area contributed by atoms with Crippen molar-refractivity contribution in [1.82, 2.24) is 0 Å². The maximum absolute atomic E-state index is 14.6. The molecule has 0 aromatic heterocycles. The monoisotopic (exact) mass is 528 g/mol. The molecule has 194 valence electrons. The zero-order valence-electron chi connectivity index (χ0n) is 21.6. The van der Waals surface area contributed by atoms with Gasteiger partial charge in [0.05, 0.1) is 6.61 Å². The minimum absolute atomic E-state index is 0.0371. The summed E-state index contributed by atoms with van der Waals surface area (Å²) in [4.78, 5) is 28.5. The SMILES string of the molecule is CCOC(=O)C(C(=O)C(C)(C)Oc1ccc(F)cc1)=P(c1ccccc1)(c1ccccc1)c1ccccc1. The second-order valence-corrected chi connectivity index (χ2v) is 12.5. The number of carbonyl (C=O) groups is 2. The van der Waals surface area contributed by atoms with Crippen molar-refractivity contribution in [3.8, 4) is 5.75 Å². The number of ketones is 1. The first kappa shape index (κ1) is 27.1. The summed E-state index contributed by atoms with van der Waals surface area (Å²) in [5.74, 6) is -1.28. The summed E-state index contributed by atoms with van der Waals surface area (Å²) in [5, 5.41) is 2.55. The summed E-state index contributed by atoms with van der Waals surface area (Å²) < 4.78 is 25.2. The van der Waals surface area contributed by atoms with Crippen LogP contribution in [0.15, 0.2) is 115 Å². The van der Waals surface area contributed by atoms with Gasteiger partial charge in [-0.15, -0.1) is 0 Å². The number of rotatable bonds is 9. The third kappa shape index (κ3) is 5.34. The van der Waals surface area contributed by atoms with Crippen LogP contribution in [0.25, 0.3) is 0 Å². The van der Waals surface area contributed by atoms with E-state index >= 15 is 0 Å².